The van der Waals surface area contributed by atoms with Crippen LogP contribution in [0.4, 0.5) is 4.79 Å². The van der Waals surface area contributed by atoms with Crippen LogP contribution in [0.25, 0.3) is 11.4 Å². The first kappa shape index (κ1) is 14.2. The van der Waals surface area contributed by atoms with Crippen molar-refractivity contribution in [3.8, 4) is 11.4 Å². The molecule has 1 fully saturated rings. The third kappa shape index (κ3) is 2.54. The van der Waals surface area contributed by atoms with Crippen molar-refractivity contribution in [3.63, 3.8) is 0 Å². The van der Waals surface area contributed by atoms with Crippen molar-refractivity contribution < 1.29 is 9.59 Å². The number of rotatable bonds is 4. The first-order chi connectivity index (χ1) is 10.5. The van der Waals surface area contributed by atoms with Gasteiger partial charge in [0.25, 0.3) is 5.91 Å². The lowest BCUT2D eigenvalue weighted by atomic mass is 10.1. The van der Waals surface area contributed by atoms with E-state index in [0.717, 1.165) is 5.56 Å². The second kappa shape index (κ2) is 5.21. The van der Waals surface area contributed by atoms with Gasteiger partial charge in [0.05, 0.1) is 13.1 Å². The highest BCUT2D eigenvalue weighted by atomic mass is 16.2. The number of hydrogen-bond acceptors (Lipinski definition) is 5. The molecule has 1 N–H and O–H groups in total. The van der Waals surface area contributed by atoms with Crippen molar-refractivity contribution in [1.29, 1.82) is 0 Å². The van der Waals surface area contributed by atoms with Crippen molar-refractivity contribution in [2.45, 2.75) is 25.9 Å². The van der Waals surface area contributed by atoms with E-state index < -0.39 is 11.6 Å². The molecule has 0 saturated carbocycles. The molecule has 0 spiro atoms. The second-order valence-corrected chi connectivity index (χ2v) is 5.59. The molecule has 22 heavy (non-hydrogen) atoms. The van der Waals surface area contributed by atoms with Gasteiger partial charge < -0.3 is 5.32 Å². The Morgan fingerprint density at radius 3 is 2.50 bits per heavy atom. The zero-order valence-corrected chi connectivity index (χ0v) is 12.4. The molecule has 0 radical (unpaired) electrons. The fraction of sp³-hybridized carbons (Fsp3) is 0.357. The van der Waals surface area contributed by atoms with Crippen LogP contribution in [0.2, 0.25) is 0 Å². The highest BCUT2D eigenvalue weighted by molar-refractivity contribution is 6.06. The molecule has 1 aliphatic rings. The van der Waals surface area contributed by atoms with Gasteiger partial charge in [-0.1, -0.05) is 30.3 Å². The third-order valence-electron chi connectivity index (χ3n) is 3.45. The van der Waals surface area contributed by atoms with Crippen LogP contribution >= 0.6 is 0 Å². The highest BCUT2D eigenvalue weighted by Crippen LogP contribution is 2.16. The van der Waals surface area contributed by atoms with Crippen molar-refractivity contribution in [2.75, 3.05) is 6.54 Å². The fourth-order valence-electron chi connectivity index (χ4n) is 2.25. The first-order valence-electron chi connectivity index (χ1n) is 6.95. The quantitative estimate of drug-likeness (QED) is 0.838. The summed E-state index contributed by atoms with van der Waals surface area (Å²) >= 11 is 0. The Kier molecular flexibility index (Phi) is 3.36. The molecule has 0 atom stereocenters. The van der Waals surface area contributed by atoms with Crippen LogP contribution in [0.3, 0.4) is 0 Å². The average molecular weight is 300 g/mol. The van der Waals surface area contributed by atoms with E-state index in [-0.39, 0.29) is 12.5 Å². The number of imide groups is 1. The number of carbonyl (C=O) groups is 2. The van der Waals surface area contributed by atoms with Gasteiger partial charge in [-0.3, -0.25) is 9.69 Å². The molecule has 1 aliphatic heterocycles. The van der Waals surface area contributed by atoms with Crippen LogP contribution < -0.4 is 5.32 Å². The van der Waals surface area contributed by atoms with Gasteiger partial charge in [-0.2, -0.15) is 4.80 Å². The Morgan fingerprint density at radius 1 is 1.14 bits per heavy atom. The molecule has 114 valence electrons. The molecule has 0 unspecified atom stereocenters. The molecule has 8 nitrogen and oxygen atoms in total. The van der Waals surface area contributed by atoms with Gasteiger partial charge in [0.1, 0.15) is 5.54 Å². The molecule has 2 heterocycles. The molecule has 1 aromatic carbocycles. The number of amides is 3. The Morgan fingerprint density at radius 2 is 1.86 bits per heavy atom. The van der Waals surface area contributed by atoms with Gasteiger partial charge in [0, 0.05) is 5.56 Å². The normalized spacial score (nSPS) is 16.9. The van der Waals surface area contributed by atoms with E-state index in [4.69, 9.17) is 0 Å². The first-order valence-corrected chi connectivity index (χ1v) is 6.95. The smallest absolute Gasteiger partial charge is 0.324 e. The van der Waals surface area contributed by atoms with Crippen LogP contribution in [0.5, 0.6) is 0 Å². The molecule has 3 amide bonds. The Balaban J connectivity index is 1.67. The summed E-state index contributed by atoms with van der Waals surface area (Å²) in [6, 6.07) is 9.09. The maximum absolute atomic E-state index is 12.1. The van der Waals surface area contributed by atoms with E-state index in [9.17, 15) is 9.59 Å². The predicted molar refractivity (Wildman–Crippen MR) is 77.6 cm³/mol. The van der Waals surface area contributed by atoms with Gasteiger partial charge in [-0.15, -0.1) is 10.2 Å². The number of urea groups is 1. The van der Waals surface area contributed by atoms with Gasteiger partial charge in [-0.05, 0) is 19.1 Å². The summed E-state index contributed by atoms with van der Waals surface area (Å²) < 4.78 is 0. The van der Waals surface area contributed by atoms with E-state index in [1.54, 1.807) is 13.8 Å². The molecule has 3 rings (SSSR count). The van der Waals surface area contributed by atoms with Crippen LogP contribution in [-0.4, -0.2) is 49.1 Å². The van der Waals surface area contributed by atoms with Gasteiger partial charge >= 0.3 is 6.03 Å². The number of aromatic nitrogens is 4. The average Bonchev–Trinajstić information content (AvgIpc) is 3.03. The van der Waals surface area contributed by atoms with E-state index in [0.29, 0.717) is 12.4 Å². The zero-order chi connectivity index (χ0) is 15.7. The third-order valence-corrected chi connectivity index (χ3v) is 3.45. The van der Waals surface area contributed by atoms with Crippen molar-refractivity contribution in [1.82, 2.24) is 30.4 Å². The van der Waals surface area contributed by atoms with Crippen molar-refractivity contribution in [2.24, 2.45) is 0 Å². The summed E-state index contributed by atoms with van der Waals surface area (Å²) in [4.78, 5) is 26.4. The number of carbonyl (C=O) groups excluding carboxylic acids is 2. The van der Waals surface area contributed by atoms with E-state index >= 15 is 0 Å². The predicted octanol–water partition coefficient (Wildman–Crippen LogP) is 0.670. The molecule has 1 saturated heterocycles. The van der Waals surface area contributed by atoms with Crippen molar-refractivity contribution in [3.05, 3.63) is 30.3 Å². The lowest BCUT2D eigenvalue weighted by Crippen LogP contribution is -2.40. The molecule has 2 aromatic rings. The molecule has 0 aliphatic carbocycles. The fourth-order valence-corrected chi connectivity index (χ4v) is 2.25. The van der Waals surface area contributed by atoms with Crippen molar-refractivity contribution >= 4 is 11.9 Å². The maximum Gasteiger partial charge on any atom is 0.325 e. The lowest BCUT2D eigenvalue weighted by molar-refractivity contribution is -0.130. The van der Waals surface area contributed by atoms with E-state index in [1.165, 1.54) is 9.70 Å². The minimum Gasteiger partial charge on any atom is -0.324 e. The van der Waals surface area contributed by atoms with Gasteiger partial charge in [-0.25, -0.2) is 4.79 Å². The van der Waals surface area contributed by atoms with Crippen LogP contribution in [0.1, 0.15) is 13.8 Å². The molecule has 0 bridgehead atoms. The minimum absolute atomic E-state index is 0.207. The van der Waals surface area contributed by atoms with Crippen LogP contribution in [0.15, 0.2) is 30.3 Å². The Labute approximate surface area is 127 Å². The Hall–Kier alpha value is -2.77. The van der Waals surface area contributed by atoms with Crippen LogP contribution in [0, 0.1) is 0 Å². The summed E-state index contributed by atoms with van der Waals surface area (Å²) in [5, 5.41) is 14.8. The standard InChI is InChI=1S/C14H16N6O2/c1-14(2)12(21)19(13(22)15-14)8-9-20-17-11(16-18-20)10-6-4-3-5-7-10/h3-7H,8-9H2,1-2H3,(H,15,22). The summed E-state index contributed by atoms with van der Waals surface area (Å²) in [6.45, 7) is 3.86. The molecule has 1 aromatic heterocycles. The summed E-state index contributed by atoms with van der Waals surface area (Å²) in [7, 11) is 0. The van der Waals surface area contributed by atoms with E-state index in [2.05, 4.69) is 20.7 Å². The minimum atomic E-state index is -0.859. The number of nitrogens with zero attached hydrogens (tertiary/aromatic N) is 5. The number of tetrazole rings is 1. The number of hydrogen-bond donors (Lipinski definition) is 1. The topological polar surface area (TPSA) is 93.0 Å². The lowest BCUT2D eigenvalue weighted by Gasteiger charge is -2.15. The largest absolute Gasteiger partial charge is 0.325 e. The Bertz CT molecular complexity index is 709. The van der Waals surface area contributed by atoms with Crippen LogP contribution in [-0.2, 0) is 11.3 Å². The van der Waals surface area contributed by atoms with E-state index in [1.807, 2.05) is 30.3 Å². The summed E-state index contributed by atoms with van der Waals surface area (Å²) in [6.07, 6.45) is 0. The summed E-state index contributed by atoms with van der Waals surface area (Å²) in [5.74, 6) is 0.263. The monoisotopic (exact) mass is 300 g/mol. The number of benzene rings is 1. The van der Waals surface area contributed by atoms with Gasteiger partial charge in [0.15, 0.2) is 0 Å². The maximum atomic E-state index is 12.1. The molecular weight excluding hydrogens is 284 g/mol. The molecule has 8 heteroatoms. The summed E-state index contributed by atoms with van der Waals surface area (Å²) in [5.41, 5.74) is 0.00657. The molecular formula is C14H16N6O2. The SMILES string of the molecule is CC1(C)NC(=O)N(CCn2nnc(-c3ccccc3)n2)C1=O. The highest BCUT2D eigenvalue weighted by Gasteiger charge is 2.43. The second-order valence-electron chi connectivity index (χ2n) is 5.59. The zero-order valence-electron chi connectivity index (χ0n) is 12.4. The number of nitrogens with one attached hydrogen (secondary N) is 1. The van der Waals surface area contributed by atoms with Gasteiger partial charge in [0.2, 0.25) is 5.82 Å².